The number of hydrogen-bond donors (Lipinski definition) is 0. The van der Waals surface area contributed by atoms with Crippen molar-refractivity contribution < 1.29 is 9.53 Å². The van der Waals surface area contributed by atoms with Gasteiger partial charge in [-0.3, -0.25) is 4.79 Å². The van der Waals surface area contributed by atoms with Crippen LogP contribution in [0.2, 0.25) is 0 Å². The van der Waals surface area contributed by atoms with E-state index in [4.69, 9.17) is 4.74 Å². The molecule has 0 aliphatic carbocycles. The summed E-state index contributed by atoms with van der Waals surface area (Å²) in [4.78, 5) is 23.3. The number of rotatable bonds is 4. The van der Waals surface area contributed by atoms with E-state index in [1.165, 1.54) is 0 Å². The number of likely N-dealkylation sites (tertiary alicyclic amines) is 1. The first-order chi connectivity index (χ1) is 11.6. The highest BCUT2D eigenvalue weighted by Crippen LogP contribution is 2.25. The Labute approximate surface area is 141 Å². The topological polar surface area (TPSA) is 73.1 Å². The van der Waals surface area contributed by atoms with Crippen LogP contribution in [0.25, 0.3) is 0 Å². The number of carbonyl (C=O) groups excluding carboxylic acids is 1. The van der Waals surface area contributed by atoms with Crippen LogP contribution in [0.1, 0.15) is 47.8 Å². The van der Waals surface area contributed by atoms with E-state index >= 15 is 0 Å². The van der Waals surface area contributed by atoms with Crippen LogP contribution in [0.4, 0.5) is 0 Å². The molecule has 0 spiro atoms. The number of amides is 1. The van der Waals surface area contributed by atoms with Crippen LogP contribution in [-0.2, 0) is 0 Å². The first-order valence-electron chi connectivity index (χ1n) is 8.37. The second-order valence-electron chi connectivity index (χ2n) is 5.99. The first-order valence-corrected chi connectivity index (χ1v) is 8.37. The van der Waals surface area contributed by atoms with E-state index in [-0.39, 0.29) is 11.9 Å². The molecule has 1 fully saturated rings. The molecule has 0 bridgehead atoms. The van der Waals surface area contributed by atoms with Gasteiger partial charge >= 0.3 is 0 Å². The molecule has 24 heavy (non-hydrogen) atoms. The number of hydrogen-bond acceptors (Lipinski definition) is 5. The van der Waals surface area contributed by atoms with E-state index in [2.05, 4.69) is 15.1 Å². The van der Waals surface area contributed by atoms with E-state index in [1.54, 1.807) is 18.3 Å². The van der Waals surface area contributed by atoms with Crippen LogP contribution in [0.15, 0.2) is 18.3 Å². The normalized spacial score (nSPS) is 17.8. The Morgan fingerprint density at radius 3 is 2.96 bits per heavy atom. The van der Waals surface area contributed by atoms with Crippen molar-refractivity contribution in [3.63, 3.8) is 0 Å². The third-order valence-electron chi connectivity index (χ3n) is 4.22. The molecular formula is C17H23N5O2. The van der Waals surface area contributed by atoms with Crippen LogP contribution in [0.5, 0.6) is 5.88 Å². The molecular weight excluding hydrogens is 306 g/mol. The Balaban J connectivity index is 1.80. The minimum absolute atomic E-state index is 0.0364. The summed E-state index contributed by atoms with van der Waals surface area (Å²) < 4.78 is 7.44. The Morgan fingerprint density at radius 2 is 2.25 bits per heavy atom. The third kappa shape index (κ3) is 3.25. The fourth-order valence-corrected chi connectivity index (χ4v) is 3.20. The summed E-state index contributed by atoms with van der Waals surface area (Å²) >= 11 is 0. The van der Waals surface area contributed by atoms with Crippen molar-refractivity contribution in [1.82, 2.24) is 24.6 Å². The fraction of sp³-hybridized carbons (Fsp3) is 0.529. The lowest BCUT2D eigenvalue weighted by Gasteiger charge is -2.33. The lowest BCUT2D eigenvalue weighted by molar-refractivity contribution is 0.0666. The van der Waals surface area contributed by atoms with Crippen molar-refractivity contribution in [2.24, 2.45) is 0 Å². The largest absolute Gasteiger partial charge is 0.477 e. The summed E-state index contributed by atoms with van der Waals surface area (Å²) in [5, 5.41) is 4.48. The SMILES string of the molecule is CCOc1ncccc1C(=O)N1CCC[C@@H](n2nc(C)nc2C)C1. The molecule has 3 heterocycles. The molecule has 0 radical (unpaired) electrons. The van der Waals surface area contributed by atoms with Crippen LogP contribution in [0.3, 0.4) is 0 Å². The van der Waals surface area contributed by atoms with Gasteiger partial charge in [-0.05, 0) is 45.7 Å². The number of piperidine rings is 1. The zero-order valence-corrected chi connectivity index (χ0v) is 14.4. The van der Waals surface area contributed by atoms with E-state index < -0.39 is 0 Å². The summed E-state index contributed by atoms with van der Waals surface area (Å²) in [5.74, 6) is 2.02. The van der Waals surface area contributed by atoms with Gasteiger partial charge in [-0.25, -0.2) is 14.6 Å². The number of nitrogens with zero attached hydrogens (tertiary/aromatic N) is 5. The van der Waals surface area contributed by atoms with Gasteiger partial charge in [-0.2, -0.15) is 5.10 Å². The van der Waals surface area contributed by atoms with Gasteiger partial charge in [-0.1, -0.05) is 0 Å². The van der Waals surface area contributed by atoms with Crippen molar-refractivity contribution in [2.75, 3.05) is 19.7 Å². The molecule has 1 amide bonds. The minimum atomic E-state index is -0.0364. The van der Waals surface area contributed by atoms with Crippen molar-refractivity contribution in [3.05, 3.63) is 35.5 Å². The molecule has 7 nitrogen and oxygen atoms in total. The zero-order valence-electron chi connectivity index (χ0n) is 14.4. The predicted molar refractivity (Wildman–Crippen MR) is 89.1 cm³/mol. The maximum Gasteiger partial charge on any atom is 0.259 e. The fourth-order valence-electron chi connectivity index (χ4n) is 3.20. The van der Waals surface area contributed by atoms with Gasteiger partial charge in [0.15, 0.2) is 0 Å². The van der Waals surface area contributed by atoms with Gasteiger partial charge in [0.05, 0.1) is 12.6 Å². The van der Waals surface area contributed by atoms with Crippen LogP contribution < -0.4 is 4.74 Å². The van der Waals surface area contributed by atoms with E-state index in [9.17, 15) is 4.79 Å². The highest BCUT2D eigenvalue weighted by atomic mass is 16.5. The highest BCUT2D eigenvalue weighted by Gasteiger charge is 2.28. The van der Waals surface area contributed by atoms with Crippen molar-refractivity contribution >= 4 is 5.91 Å². The molecule has 1 aliphatic rings. The monoisotopic (exact) mass is 329 g/mol. The summed E-state index contributed by atoms with van der Waals surface area (Å²) in [6, 6.07) is 3.70. The molecule has 0 aromatic carbocycles. The summed E-state index contributed by atoms with van der Waals surface area (Å²) in [5.41, 5.74) is 0.520. The van der Waals surface area contributed by atoms with Gasteiger partial charge in [0.2, 0.25) is 5.88 Å². The van der Waals surface area contributed by atoms with Crippen molar-refractivity contribution in [3.8, 4) is 5.88 Å². The molecule has 1 aliphatic heterocycles. The molecule has 3 rings (SSSR count). The number of carbonyl (C=O) groups is 1. The van der Waals surface area contributed by atoms with Gasteiger partial charge in [0.25, 0.3) is 5.91 Å². The van der Waals surface area contributed by atoms with Gasteiger partial charge in [-0.15, -0.1) is 0 Å². The molecule has 2 aromatic rings. The lowest BCUT2D eigenvalue weighted by atomic mass is 10.0. The molecule has 7 heteroatoms. The van der Waals surface area contributed by atoms with Gasteiger partial charge in [0, 0.05) is 19.3 Å². The molecule has 1 atom stereocenters. The summed E-state index contributed by atoms with van der Waals surface area (Å²) in [7, 11) is 0. The van der Waals surface area contributed by atoms with E-state index in [0.29, 0.717) is 24.6 Å². The number of aryl methyl sites for hydroxylation is 2. The quantitative estimate of drug-likeness (QED) is 0.859. The van der Waals surface area contributed by atoms with Crippen LogP contribution in [-0.4, -0.2) is 50.3 Å². The lowest BCUT2D eigenvalue weighted by Crippen LogP contribution is -2.41. The Kier molecular flexibility index (Phi) is 4.78. The van der Waals surface area contributed by atoms with Gasteiger partial charge in [0.1, 0.15) is 17.2 Å². The third-order valence-corrected chi connectivity index (χ3v) is 4.22. The maximum absolute atomic E-state index is 12.9. The Morgan fingerprint density at radius 1 is 1.42 bits per heavy atom. The van der Waals surface area contributed by atoms with Crippen LogP contribution >= 0.6 is 0 Å². The maximum atomic E-state index is 12.9. The Bertz CT molecular complexity index is 728. The second kappa shape index (κ2) is 6.98. The van der Waals surface area contributed by atoms with Crippen molar-refractivity contribution in [1.29, 1.82) is 0 Å². The van der Waals surface area contributed by atoms with E-state index in [1.807, 2.05) is 30.4 Å². The highest BCUT2D eigenvalue weighted by molar-refractivity contribution is 5.96. The molecule has 0 unspecified atom stereocenters. The number of pyridine rings is 1. The predicted octanol–water partition coefficient (Wildman–Crippen LogP) is 2.17. The van der Waals surface area contributed by atoms with Crippen molar-refractivity contribution in [2.45, 2.75) is 39.7 Å². The molecule has 2 aromatic heterocycles. The number of ether oxygens (including phenoxy) is 1. The molecule has 1 saturated heterocycles. The summed E-state index contributed by atoms with van der Waals surface area (Å²) in [6.07, 6.45) is 3.58. The molecule has 0 saturated carbocycles. The zero-order chi connectivity index (χ0) is 17.1. The number of aromatic nitrogens is 4. The second-order valence-corrected chi connectivity index (χ2v) is 5.99. The standard InChI is InChI=1S/C17H23N5O2/c1-4-24-16-15(8-5-9-18-16)17(23)21-10-6-7-14(11-21)22-13(3)19-12(2)20-22/h5,8-9,14H,4,6-7,10-11H2,1-3H3/t14-/m1/s1. The molecule has 0 N–H and O–H groups in total. The Hall–Kier alpha value is -2.44. The average Bonchev–Trinajstić information content (AvgIpc) is 2.93. The summed E-state index contributed by atoms with van der Waals surface area (Å²) in [6.45, 7) is 7.58. The van der Waals surface area contributed by atoms with Gasteiger partial charge < -0.3 is 9.64 Å². The van der Waals surface area contributed by atoms with Crippen LogP contribution in [0, 0.1) is 13.8 Å². The average molecular weight is 329 g/mol. The first kappa shape index (κ1) is 16.4. The minimum Gasteiger partial charge on any atom is -0.477 e. The van der Waals surface area contributed by atoms with E-state index in [0.717, 1.165) is 31.0 Å². The molecule has 128 valence electrons. The smallest absolute Gasteiger partial charge is 0.259 e.